The van der Waals surface area contributed by atoms with Crippen molar-refractivity contribution in [3.63, 3.8) is 0 Å². The molecule has 3 fully saturated rings. The van der Waals surface area contributed by atoms with E-state index in [0.717, 1.165) is 21.7 Å². The molecule has 2 N–H and O–H groups in total. The van der Waals surface area contributed by atoms with Crippen LogP contribution in [0.4, 0.5) is 11.4 Å². The minimum Gasteiger partial charge on any atom is -0.503 e. The predicted octanol–water partition coefficient (Wildman–Crippen LogP) is 9.23. The van der Waals surface area contributed by atoms with Crippen LogP contribution in [0.5, 0.6) is 11.5 Å². The van der Waals surface area contributed by atoms with E-state index in [4.69, 9.17) is 9.15 Å². The van der Waals surface area contributed by atoms with Crippen LogP contribution < -0.4 is 15.1 Å². The fourth-order valence-electron chi connectivity index (χ4n) is 10.1. The number of nitrogens with one attached hydrogen (secondary N) is 1. The maximum Gasteiger partial charge on any atom is 0.260 e. The fraction of sp³-hybridized carbons (Fsp3) is 0.213. The smallest absolute Gasteiger partial charge is 0.260 e. The summed E-state index contributed by atoms with van der Waals surface area (Å²) in [6.07, 6.45) is 2.37. The predicted molar refractivity (Wildman–Crippen MR) is 231 cm³/mol. The van der Waals surface area contributed by atoms with E-state index in [1.165, 1.54) is 12.0 Å². The number of phenols is 1. The number of hydrogen-bond donors (Lipinski definition) is 2. The lowest BCUT2D eigenvalue weighted by Gasteiger charge is -2.51. The highest BCUT2D eigenvalue weighted by atomic mass is 79.9. The molecule has 2 saturated heterocycles. The third-order valence-electron chi connectivity index (χ3n) is 12.8. The topological polar surface area (TPSA) is 142 Å². The molecule has 4 amide bonds. The molecular weight excluding hydrogens is 892 g/mol. The molecule has 0 spiro atoms. The van der Waals surface area contributed by atoms with E-state index in [1.54, 1.807) is 30.3 Å². The van der Waals surface area contributed by atoms with Crippen LogP contribution >= 0.6 is 31.9 Å². The number of imide groups is 2. The van der Waals surface area contributed by atoms with Crippen molar-refractivity contribution in [2.45, 2.75) is 31.1 Å². The number of methoxy groups -OCH3 is 1. The normalized spacial score (nSPS) is 24.7. The summed E-state index contributed by atoms with van der Waals surface area (Å²) in [4.78, 5) is 65.8. The number of aryl methyl sites for hydroxylation is 1. The number of benzene rings is 5. The van der Waals surface area contributed by atoms with E-state index in [9.17, 15) is 14.7 Å². The summed E-state index contributed by atoms with van der Waals surface area (Å²) in [6, 6.07) is 32.9. The Labute approximate surface area is 361 Å². The minimum atomic E-state index is -1.51. The van der Waals surface area contributed by atoms with Crippen LogP contribution in [0.1, 0.15) is 35.4 Å². The number of fused-ring (bicyclic) bond motifs is 5. The standard InChI is InChI=1S/C47H36Br2N4O7/c1-24-12-16-27(17-13-24)51-53-44(56)33-22-31-29(38(32-23-36(59-2)41(54)40(49)39(32)48)47(33,46(53)58)26-8-4-3-5-9-26)20-21-30-37(31)45(57)52(43(30)55)28-18-14-25(15-19-28)42-50-34-10-6-7-11-35(34)60-42/h3-20,23,30-31,33,37-38,51,54H,21-22H2,1-2H3/t30-,31+,33-,37-,38+,47+/m0/s1. The molecule has 1 saturated carbocycles. The molecule has 2 aliphatic heterocycles. The summed E-state index contributed by atoms with van der Waals surface area (Å²) in [5.74, 6) is -5.07. The van der Waals surface area contributed by atoms with Crippen molar-refractivity contribution < 1.29 is 33.4 Å². The molecular formula is C47H36Br2N4O7. The van der Waals surface area contributed by atoms with Gasteiger partial charge < -0.3 is 14.3 Å². The number of ether oxygens (including phenoxy) is 1. The van der Waals surface area contributed by atoms with Crippen LogP contribution in [-0.2, 0) is 24.6 Å². The summed E-state index contributed by atoms with van der Waals surface area (Å²) in [5.41, 5.74) is 7.63. The van der Waals surface area contributed by atoms with Gasteiger partial charge in [-0.15, -0.1) is 0 Å². The van der Waals surface area contributed by atoms with Crippen molar-refractivity contribution in [3.05, 3.63) is 146 Å². The largest absolute Gasteiger partial charge is 0.503 e. The van der Waals surface area contributed by atoms with E-state index >= 15 is 9.59 Å². The number of aromatic nitrogens is 1. The summed E-state index contributed by atoms with van der Waals surface area (Å²) in [6.45, 7) is 1.95. The Bertz CT molecular complexity index is 2770. The van der Waals surface area contributed by atoms with Crippen LogP contribution in [0.2, 0.25) is 0 Å². The van der Waals surface area contributed by atoms with Gasteiger partial charge in [-0.05, 0) is 123 Å². The number of hydrogen-bond acceptors (Lipinski definition) is 9. The number of phenolic OH excluding ortho intramolecular Hbond substituents is 1. The number of hydrazine groups is 1. The van der Waals surface area contributed by atoms with Gasteiger partial charge in [0.25, 0.3) is 11.8 Å². The highest BCUT2D eigenvalue weighted by molar-refractivity contribution is 9.13. The van der Waals surface area contributed by atoms with Gasteiger partial charge in [-0.25, -0.2) is 4.98 Å². The van der Waals surface area contributed by atoms with E-state index in [2.05, 4.69) is 42.3 Å². The van der Waals surface area contributed by atoms with Crippen molar-refractivity contribution in [1.82, 2.24) is 9.99 Å². The van der Waals surface area contributed by atoms with Crippen LogP contribution in [0.3, 0.4) is 0 Å². The number of amides is 4. The minimum absolute atomic E-state index is 0.132. The molecule has 5 aromatic carbocycles. The lowest BCUT2D eigenvalue weighted by Crippen LogP contribution is -2.53. The average Bonchev–Trinajstić information content (AvgIpc) is 3.88. The molecule has 6 aromatic rings. The zero-order chi connectivity index (χ0) is 41.6. The van der Waals surface area contributed by atoms with E-state index in [1.807, 2.05) is 91.9 Å². The summed E-state index contributed by atoms with van der Waals surface area (Å²) in [7, 11) is 1.44. The average molecular weight is 929 g/mol. The highest BCUT2D eigenvalue weighted by Gasteiger charge is 2.70. The molecule has 4 aliphatic rings. The second kappa shape index (κ2) is 14.3. The number of halogens is 2. The van der Waals surface area contributed by atoms with Crippen LogP contribution in [0.25, 0.3) is 22.6 Å². The molecule has 0 radical (unpaired) electrons. The van der Waals surface area contributed by atoms with E-state index < -0.39 is 46.8 Å². The first-order chi connectivity index (χ1) is 29.0. The number of oxazole rings is 1. The molecule has 300 valence electrons. The zero-order valence-corrected chi connectivity index (χ0v) is 35.4. The number of rotatable bonds is 7. The highest BCUT2D eigenvalue weighted by Crippen LogP contribution is 2.65. The number of para-hydroxylation sites is 2. The molecule has 0 bridgehead atoms. The summed E-state index contributed by atoms with van der Waals surface area (Å²) < 4.78 is 12.4. The molecule has 6 atom stereocenters. The van der Waals surface area contributed by atoms with Crippen LogP contribution in [0.15, 0.2) is 134 Å². The number of carbonyl (C=O) groups is 4. The van der Waals surface area contributed by atoms with Gasteiger partial charge in [-0.3, -0.25) is 29.5 Å². The molecule has 60 heavy (non-hydrogen) atoms. The molecule has 2 aliphatic carbocycles. The molecule has 3 heterocycles. The van der Waals surface area contributed by atoms with Gasteiger partial charge in [0, 0.05) is 16.0 Å². The van der Waals surface area contributed by atoms with Crippen molar-refractivity contribution in [3.8, 4) is 23.0 Å². The number of aromatic hydroxyl groups is 1. The van der Waals surface area contributed by atoms with Crippen molar-refractivity contribution >= 4 is 78.0 Å². The SMILES string of the molecule is COc1cc([C@H]2C3=CC[C@@H]4C(=O)N(c5ccc(-c6nc7ccccc7o6)cc5)C(=O)[C@@H]4[C@@H]3C[C@H]3C(=O)N(Nc4ccc(C)cc4)C(=O)[C@@]23c2ccccc2)c(Br)c(Br)c1O. The third kappa shape index (κ3) is 5.55. The van der Waals surface area contributed by atoms with E-state index in [-0.39, 0.29) is 36.2 Å². The fourth-order valence-corrected chi connectivity index (χ4v) is 11.0. The van der Waals surface area contributed by atoms with Crippen LogP contribution in [0, 0.1) is 30.6 Å². The van der Waals surface area contributed by atoms with Crippen molar-refractivity contribution in [2.24, 2.45) is 23.7 Å². The first kappa shape index (κ1) is 38.2. The van der Waals surface area contributed by atoms with Gasteiger partial charge in [-0.2, -0.15) is 5.01 Å². The Kier molecular flexibility index (Phi) is 9.10. The lowest BCUT2D eigenvalue weighted by atomic mass is 9.49. The Morgan fingerprint density at radius 1 is 0.850 bits per heavy atom. The Balaban J connectivity index is 1.10. The van der Waals surface area contributed by atoms with Gasteiger partial charge in [0.2, 0.25) is 17.7 Å². The Morgan fingerprint density at radius 3 is 2.28 bits per heavy atom. The first-order valence-electron chi connectivity index (χ1n) is 19.6. The van der Waals surface area contributed by atoms with Gasteiger partial charge in [0.05, 0.1) is 46.1 Å². The maximum atomic E-state index is 15.5. The zero-order valence-electron chi connectivity index (χ0n) is 32.3. The van der Waals surface area contributed by atoms with E-state index in [0.29, 0.717) is 48.5 Å². The summed E-state index contributed by atoms with van der Waals surface area (Å²) >= 11 is 7.30. The molecule has 0 unspecified atom stereocenters. The number of allylic oxidation sites excluding steroid dienone is 2. The maximum absolute atomic E-state index is 15.5. The van der Waals surface area contributed by atoms with Gasteiger partial charge in [0.1, 0.15) is 5.52 Å². The molecule has 13 heteroatoms. The summed E-state index contributed by atoms with van der Waals surface area (Å²) in [5, 5.41) is 12.2. The van der Waals surface area contributed by atoms with Crippen molar-refractivity contribution in [2.75, 3.05) is 17.4 Å². The second-order valence-corrected chi connectivity index (χ2v) is 17.4. The van der Waals surface area contributed by atoms with Gasteiger partial charge in [-0.1, -0.05) is 71.8 Å². The third-order valence-corrected chi connectivity index (χ3v) is 14.9. The quantitative estimate of drug-likeness (QED) is 0.118. The number of anilines is 2. The Hall–Kier alpha value is -6.05. The molecule has 1 aromatic heterocycles. The number of carbonyl (C=O) groups excluding carboxylic acids is 4. The monoisotopic (exact) mass is 926 g/mol. The first-order valence-corrected chi connectivity index (χ1v) is 21.2. The molecule has 10 rings (SSSR count). The Morgan fingerprint density at radius 2 is 1.57 bits per heavy atom. The second-order valence-electron chi connectivity index (χ2n) is 15.8. The van der Waals surface area contributed by atoms with Gasteiger partial charge >= 0.3 is 0 Å². The van der Waals surface area contributed by atoms with Crippen molar-refractivity contribution in [1.29, 1.82) is 0 Å². The van der Waals surface area contributed by atoms with Gasteiger partial charge in [0.15, 0.2) is 17.1 Å². The van der Waals surface area contributed by atoms with Crippen LogP contribution in [-0.4, -0.2) is 45.8 Å². The lowest BCUT2D eigenvalue weighted by molar-refractivity contribution is -0.138. The number of nitrogens with zero attached hydrogens (tertiary/aromatic N) is 3. The molecule has 11 nitrogen and oxygen atoms in total.